The summed E-state index contributed by atoms with van der Waals surface area (Å²) >= 11 is 0. The summed E-state index contributed by atoms with van der Waals surface area (Å²) in [4.78, 5) is 16.8. The van der Waals surface area contributed by atoms with Crippen molar-refractivity contribution < 1.29 is 9.18 Å². The summed E-state index contributed by atoms with van der Waals surface area (Å²) in [6.07, 6.45) is 7.51. The predicted molar refractivity (Wildman–Crippen MR) is 89.7 cm³/mol. The summed E-state index contributed by atoms with van der Waals surface area (Å²) in [5.41, 5.74) is 1.04. The van der Waals surface area contributed by atoms with Crippen molar-refractivity contribution in [3.8, 4) is 0 Å². The van der Waals surface area contributed by atoms with Crippen LogP contribution in [0.4, 0.5) is 4.39 Å². The van der Waals surface area contributed by atoms with Crippen LogP contribution >= 0.6 is 0 Å². The summed E-state index contributed by atoms with van der Waals surface area (Å²) in [6, 6.07) is 7.49. The van der Waals surface area contributed by atoms with Gasteiger partial charge >= 0.3 is 0 Å². The molecule has 23 heavy (non-hydrogen) atoms. The molecule has 0 unspecified atom stereocenters. The normalized spacial score (nSPS) is 18.4. The van der Waals surface area contributed by atoms with Gasteiger partial charge in [0.15, 0.2) is 0 Å². The molecule has 126 valence electrons. The van der Waals surface area contributed by atoms with E-state index in [0.29, 0.717) is 18.4 Å². The highest BCUT2D eigenvalue weighted by atomic mass is 19.1. The summed E-state index contributed by atoms with van der Waals surface area (Å²) in [6.45, 7) is 3.63. The van der Waals surface area contributed by atoms with Crippen LogP contribution in [-0.2, 0) is 11.2 Å². The standard InChI is InChI=1S/C19H27FN2O/c20-17-6-4-5-16(15-17)9-13-21(18-7-8-18)14-10-19(23)22-11-2-1-3-12-22/h4-6,15,18H,1-3,7-14H2. The van der Waals surface area contributed by atoms with Gasteiger partial charge in [-0.3, -0.25) is 9.69 Å². The molecule has 1 saturated carbocycles. The molecule has 3 nitrogen and oxygen atoms in total. The van der Waals surface area contributed by atoms with Crippen LogP contribution in [0.1, 0.15) is 44.1 Å². The Balaban J connectivity index is 1.46. The number of amides is 1. The molecular weight excluding hydrogens is 291 g/mol. The van der Waals surface area contributed by atoms with Gasteiger partial charge in [0, 0.05) is 38.6 Å². The van der Waals surface area contributed by atoms with Crippen molar-refractivity contribution in [2.45, 2.75) is 51.0 Å². The van der Waals surface area contributed by atoms with E-state index in [9.17, 15) is 9.18 Å². The second-order valence-electron chi connectivity index (χ2n) is 6.84. The molecule has 0 spiro atoms. The number of nitrogens with zero attached hydrogens (tertiary/aromatic N) is 2. The Bertz CT molecular complexity index is 524. The van der Waals surface area contributed by atoms with E-state index in [1.54, 1.807) is 12.1 Å². The third-order valence-electron chi connectivity index (χ3n) is 4.96. The summed E-state index contributed by atoms with van der Waals surface area (Å²) in [5, 5.41) is 0. The van der Waals surface area contributed by atoms with Crippen LogP contribution in [0.3, 0.4) is 0 Å². The zero-order chi connectivity index (χ0) is 16.1. The van der Waals surface area contributed by atoms with Gasteiger partial charge in [-0.15, -0.1) is 0 Å². The van der Waals surface area contributed by atoms with Gasteiger partial charge in [-0.05, 0) is 56.2 Å². The summed E-state index contributed by atoms with van der Waals surface area (Å²) in [7, 11) is 0. The average molecular weight is 318 g/mol. The van der Waals surface area contributed by atoms with Crippen LogP contribution in [0.5, 0.6) is 0 Å². The molecule has 0 aromatic heterocycles. The number of hydrogen-bond donors (Lipinski definition) is 0. The number of rotatable bonds is 7. The third-order valence-corrected chi connectivity index (χ3v) is 4.96. The molecule has 4 heteroatoms. The molecule has 0 N–H and O–H groups in total. The van der Waals surface area contributed by atoms with E-state index in [1.807, 2.05) is 11.0 Å². The van der Waals surface area contributed by atoms with Gasteiger partial charge in [-0.2, -0.15) is 0 Å². The molecular formula is C19H27FN2O. The fourth-order valence-electron chi connectivity index (χ4n) is 3.42. The van der Waals surface area contributed by atoms with E-state index in [1.165, 1.54) is 25.3 Å². The van der Waals surface area contributed by atoms with E-state index >= 15 is 0 Å². The fourth-order valence-corrected chi connectivity index (χ4v) is 3.42. The molecule has 0 atom stereocenters. The van der Waals surface area contributed by atoms with E-state index in [2.05, 4.69) is 4.90 Å². The maximum absolute atomic E-state index is 13.3. The summed E-state index contributed by atoms with van der Waals surface area (Å²) < 4.78 is 13.3. The predicted octanol–water partition coefficient (Wildman–Crippen LogP) is 3.24. The van der Waals surface area contributed by atoms with Crippen LogP contribution in [0.25, 0.3) is 0 Å². The number of carbonyl (C=O) groups is 1. The maximum Gasteiger partial charge on any atom is 0.223 e. The molecule has 3 rings (SSSR count). The molecule has 2 fully saturated rings. The first-order chi connectivity index (χ1) is 11.2. The lowest BCUT2D eigenvalue weighted by Gasteiger charge is -2.28. The van der Waals surface area contributed by atoms with E-state index in [4.69, 9.17) is 0 Å². The van der Waals surface area contributed by atoms with Gasteiger partial charge in [0.25, 0.3) is 0 Å². The monoisotopic (exact) mass is 318 g/mol. The van der Waals surface area contributed by atoms with Crippen molar-refractivity contribution in [2.24, 2.45) is 0 Å². The second kappa shape index (κ2) is 7.91. The van der Waals surface area contributed by atoms with Gasteiger partial charge < -0.3 is 4.90 Å². The smallest absolute Gasteiger partial charge is 0.223 e. The minimum atomic E-state index is -0.166. The number of piperidine rings is 1. The SMILES string of the molecule is O=C(CCN(CCc1cccc(F)c1)C1CC1)N1CCCCC1. The van der Waals surface area contributed by atoms with E-state index < -0.39 is 0 Å². The van der Waals surface area contributed by atoms with Gasteiger partial charge in [0.1, 0.15) is 5.82 Å². The van der Waals surface area contributed by atoms with E-state index in [0.717, 1.165) is 51.0 Å². The third kappa shape index (κ3) is 5.03. The van der Waals surface area contributed by atoms with Crippen LogP contribution in [0.15, 0.2) is 24.3 Å². The largest absolute Gasteiger partial charge is 0.343 e. The minimum Gasteiger partial charge on any atom is -0.343 e. The Kier molecular flexibility index (Phi) is 5.65. The zero-order valence-corrected chi connectivity index (χ0v) is 13.8. The van der Waals surface area contributed by atoms with Crippen molar-refractivity contribution in [3.05, 3.63) is 35.6 Å². The van der Waals surface area contributed by atoms with Crippen LogP contribution in [-0.4, -0.2) is 47.9 Å². The molecule has 1 aliphatic carbocycles. The first kappa shape index (κ1) is 16.4. The number of likely N-dealkylation sites (tertiary alicyclic amines) is 1. The molecule has 1 aromatic carbocycles. The Hall–Kier alpha value is -1.42. The minimum absolute atomic E-state index is 0.166. The van der Waals surface area contributed by atoms with Crippen molar-refractivity contribution in [3.63, 3.8) is 0 Å². The van der Waals surface area contributed by atoms with E-state index in [-0.39, 0.29) is 5.82 Å². The maximum atomic E-state index is 13.3. The van der Waals surface area contributed by atoms with Crippen LogP contribution in [0, 0.1) is 5.82 Å². The molecule has 1 amide bonds. The van der Waals surface area contributed by atoms with Gasteiger partial charge in [0.2, 0.25) is 5.91 Å². The first-order valence-electron chi connectivity index (χ1n) is 8.98. The number of carbonyl (C=O) groups excluding carboxylic acids is 1. The van der Waals surface area contributed by atoms with Crippen molar-refractivity contribution in [1.82, 2.24) is 9.80 Å². The second-order valence-corrected chi connectivity index (χ2v) is 6.84. The molecule has 1 aromatic rings. The zero-order valence-electron chi connectivity index (χ0n) is 13.8. The molecule has 1 aliphatic heterocycles. The highest BCUT2D eigenvalue weighted by molar-refractivity contribution is 5.76. The molecule has 0 radical (unpaired) electrons. The fraction of sp³-hybridized carbons (Fsp3) is 0.632. The Morgan fingerprint density at radius 3 is 2.65 bits per heavy atom. The van der Waals surface area contributed by atoms with Crippen molar-refractivity contribution in [2.75, 3.05) is 26.2 Å². The Morgan fingerprint density at radius 1 is 1.17 bits per heavy atom. The Labute approximate surface area is 138 Å². The van der Waals surface area contributed by atoms with Gasteiger partial charge in [-0.25, -0.2) is 4.39 Å². The molecule has 0 bridgehead atoms. The van der Waals surface area contributed by atoms with Crippen LogP contribution in [0.2, 0.25) is 0 Å². The van der Waals surface area contributed by atoms with Gasteiger partial charge in [-0.1, -0.05) is 12.1 Å². The molecule has 1 saturated heterocycles. The first-order valence-corrected chi connectivity index (χ1v) is 8.98. The topological polar surface area (TPSA) is 23.6 Å². The summed E-state index contributed by atoms with van der Waals surface area (Å²) in [5.74, 6) is 0.141. The highest BCUT2D eigenvalue weighted by Crippen LogP contribution is 2.27. The van der Waals surface area contributed by atoms with Crippen LogP contribution < -0.4 is 0 Å². The quantitative estimate of drug-likeness (QED) is 0.770. The Morgan fingerprint density at radius 2 is 1.96 bits per heavy atom. The number of benzene rings is 1. The number of hydrogen-bond acceptors (Lipinski definition) is 2. The lowest BCUT2D eigenvalue weighted by Crippen LogP contribution is -2.38. The number of halogens is 1. The lowest BCUT2D eigenvalue weighted by molar-refractivity contribution is -0.132. The highest BCUT2D eigenvalue weighted by Gasteiger charge is 2.29. The van der Waals surface area contributed by atoms with Crippen molar-refractivity contribution >= 4 is 5.91 Å². The molecule has 1 heterocycles. The molecule has 2 aliphatic rings. The van der Waals surface area contributed by atoms with Gasteiger partial charge in [0.05, 0.1) is 0 Å². The average Bonchev–Trinajstić information content (AvgIpc) is 3.40. The van der Waals surface area contributed by atoms with Crippen molar-refractivity contribution in [1.29, 1.82) is 0 Å². The lowest BCUT2D eigenvalue weighted by atomic mass is 10.1.